The van der Waals surface area contributed by atoms with Crippen LogP contribution in [0.2, 0.25) is 0 Å². The van der Waals surface area contributed by atoms with Gasteiger partial charge in [-0.25, -0.2) is 0 Å². The third-order valence-corrected chi connectivity index (χ3v) is 0.939. The van der Waals surface area contributed by atoms with E-state index < -0.39 is 12.1 Å². The summed E-state index contributed by atoms with van der Waals surface area (Å²) in [7, 11) is 0. The van der Waals surface area contributed by atoms with Crippen LogP contribution in [-0.2, 0) is 19.1 Å². The molecule has 0 heterocycles. The molecule has 11 heavy (non-hydrogen) atoms. The Hall–Kier alpha value is -1.23. The highest BCUT2D eigenvalue weighted by molar-refractivity contribution is 5.74. The lowest BCUT2D eigenvalue weighted by Gasteiger charge is -2.13. The Labute approximate surface area is 63.0 Å². The molecule has 0 aliphatic carbocycles. The number of carbonyl (C=O) groups is 3. The minimum atomic E-state index is -1.49. The molecule has 5 heteroatoms. The van der Waals surface area contributed by atoms with E-state index in [2.05, 4.69) is 4.74 Å². The van der Waals surface area contributed by atoms with E-state index in [1.165, 1.54) is 0 Å². The molecule has 5 nitrogen and oxygen atoms in total. The van der Waals surface area contributed by atoms with Crippen LogP contribution in [0.1, 0.15) is 6.42 Å². The van der Waals surface area contributed by atoms with Crippen LogP contribution < -0.4 is 5.11 Å². The Morgan fingerprint density at radius 2 is 2.09 bits per heavy atom. The number of hydrogen-bond donors (Lipinski definition) is 0. The third kappa shape index (κ3) is 4.21. The van der Waals surface area contributed by atoms with E-state index in [9.17, 15) is 19.5 Å². The van der Waals surface area contributed by atoms with Crippen LogP contribution in [0, 0.1) is 0 Å². The zero-order valence-electron chi connectivity index (χ0n) is 5.69. The van der Waals surface area contributed by atoms with Gasteiger partial charge in [-0.3, -0.25) is 0 Å². The molecule has 0 bridgehead atoms. The molecule has 0 aromatic rings. The molecule has 0 aromatic heterocycles. The van der Waals surface area contributed by atoms with Gasteiger partial charge in [0.25, 0.3) is 0 Å². The van der Waals surface area contributed by atoms with Crippen molar-refractivity contribution in [3.8, 4) is 0 Å². The number of aliphatic carboxylic acids is 1. The van der Waals surface area contributed by atoms with Gasteiger partial charge in [0.05, 0.1) is 5.97 Å². The van der Waals surface area contributed by atoms with Gasteiger partial charge in [-0.05, 0) is 0 Å². The molecule has 0 fully saturated rings. The van der Waals surface area contributed by atoms with Crippen molar-refractivity contribution in [2.24, 2.45) is 0 Å². The Balaban J connectivity index is 3.77. The van der Waals surface area contributed by atoms with Gasteiger partial charge >= 0.3 is 0 Å². The molecule has 0 aromatic carbocycles. The van der Waals surface area contributed by atoms with Crippen molar-refractivity contribution in [3.05, 3.63) is 0 Å². The third-order valence-electron chi connectivity index (χ3n) is 0.939. The van der Waals surface area contributed by atoms with Crippen molar-refractivity contribution < 1.29 is 24.2 Å². The van der Waals surface area contributed by atoms with Crippen LogP contribution in [0.15, 0.2) is 0 Å². The molecule has 0 amide bonds. The molecule has 0 aliphatic heterocycles. The first kappa shape index (κ1) is 9.77. The Kier molecular flexibility index (Phi) is 4.93. The molecule has 0 radical (unpaired) electrons. The number of carboxylic acids is 1. The predicted molar refractivity (Wildman–Crippen MR) is 31.5 cm³/mol. The number of carbonyl (C=O) groups excluding carboxylic acids is 3. The van der Waals surface area contributed by atoms with Gasteiger partial charge in [0, 0.05) is 6.42 Å². The van der Waals surface area contributed by atoms with E-state index in [-0.39, 0.29) is 13.0 Å². The predicted octanol–water partition coefficient (Wildman–Crippen LogP) is -2.09. The Morgan fingerprint density at radius 1 is 1.45 bits per heavy atom. The second-order valence-corrected chi connectivity index (χ2v) is 1.71. The first-order valence-corrected chi connectivity index (χ1v) is 2.92. The number of rotatable bonds is 6. The van der Waals surface area contributed by atoms with E-state index in [0.29, 0.717) is 12.6 Å². The highest BCUT2D eigenvalue weighted by Gasteiger charge is 2.08. The molecule has 0 aliphatic rings. The monoisotopic (exact) mass is 159 g/mol. The fourth-order valence-electron chi connectivity index (χ4n) is 0.475. The van der Waals surface area contributed by atoms with Crippen molar-refractivity contribution in [3.63, 3.8) is 0 Å². The minimum absolute atomic E-state index is 0.295. The lowest BCUT2D eigenvalue weighted by atomic mass is 10.3. The average molecular weight is 159 g/mol. The van der Waals surface area contributed by atoms with E-state index in [1.807, 2.05) is 0 Å². The smallest absolute Gasteiger partial charge is 0.145 e. The summed E-state index contributed by atoms with van der Waals surface area (Å²) in [4.78, 5) is 29.6. The number of aldehydes is 2. The van der Waals surface area contributed by atoms with Crippen molar-refractivity contribution in [2.75, 3.05) is 6.61 Å². The summed E-state index contributed by atoms with van der Waals surface area (Å²) in [6, 6.07) is 0. The van der Waals surface area contributed by atoms with Crippen molar-refractivity contribution in [1.82, 2.24) is 0 Å². The maximum absolute atomic E-state index is 10.1. The molecule has 62 valence electrons. The average Bonchev–Trinajstić information content (AvgIpc) is 1.97. The van der Waals surface area contributed by atoms with Gasteiger partial charge in [0.2, 0.25) is 0 Å². The van der Waals surface area contributed by atoms with Gasteiger partial charge in [-0.2, -0.15) is 0 Å². The fraction of sp³-hybridized carbons (Fsp3) is 0.500. The van der Waals surface area contributed by atoms with E-state index in [4.69, 9.17) is 0 Å². The summed E-state index contributed by atoms with van der Waals surface area (Å²) in [6.45, 7) is -0.341. The molecular formula is C6H7O5-. The second-order valence-electron chi connectivity index (χ2n) is 1.71. The van der Waals surface area contributed by atoms with Gasteiger partial charge < -0.3 is 24.2 Å². The van der Waals surface area contributed by atoms with Crippen LogP contribution in [0.3, 0.4) is 0 Å². The summed E-state index contributed by atoms with van der Waals surface area (Å²) in [6.07, 6.45) is -0.806. The van der Waals surface area contributed by atoms with Crippen LogP contribution in [0.25, 0.3) is 0 Å². The summed E-state index contributed by atoms with van der Waals surface area (Å²) in [5.74, 6) is -1.49. The van der Waals surface area contributed by atoms with Gasteiger partial charge in [0.1, 0.15) is 25.3 Å². The molecule has 0 rings (SSSR count). The highest BCUT2D eigenvalue weighted by atomic mass is 16.5. The number of carboxylic acid groups (broad SMARTS) is 1. The molecule has 0 saturated carbocycles. The first-order valence-electron chi connectivity index (χ1n) is 2.92. The minimum Gasteiger partial charge on any atom is -0.547 e. The molecule has 0 N–H and O–H groups in total. The normalized spacial score (nSPS) is 12.0. The molecule has 0 spiro atoms. The van der Waals surface area contributed by atoms with E-state index in [0.717, 1.165) is 0 Å². The molecular weight excluding hydrogens is 152 g/mol. The topological polar surface area (TPSA) is 83.5 Å². The summed E-state index contributed by atoms with van der Waals surface area (Å²) in [5.41, 5.74) is 0. The van der Waals surface area contributed by atoms with Crippen LogP contribution in [0.5, 0.6) is 0 Å². The highest BCUT2D eigenvalue weighted by Crippen LogP contribution is 1.93. The lowest BCUT2D eigenvalue weighted by Crippen LogP contribution is -2.38. The van der Waals surface area contributed by atoms with Crippen LogP contribution in [0.4, 0.5) is 0 Å². The van der Waals surface area contributed by atoms with E-state index in [1.54, 1.807) is 0 Å². The number of ether oxygens (including phenoxy) is 1. The zero-order chi connectivity index (χ0) is 8.69. The van der Waals surface area contributed by atoms with E-state index >= 15 is 0 Å². The summed E-state index contributed by atoms with van der Waals surface area (Å²) in [5, 5.41) is 10.1. The van der Waals surface area contributed by atoms with Crippen molar-refractivity contribution in [1.29, 1.82) is 0 Å². The van der Waals surface area contributed by atoms with Gasteiger partial charge in [-0.15, -0.1) is 0 Å². The molecule has 0 saturated heterocycles. The Bertz CT molecular complexity index is 153. The van der Waals surface area contributed by atoms with Gasteiger partial charge in [0.15, 0.2) is 0 Å². The summed E-state index contributed by atoms with van der Waals surface area (Å²) < 4.78 is 4.43. The van der Waals surface area contributed by atoms with Crippen LogP contribution in [-0.4, -0.2) is 31.3 Å². The number of hydrogen-bond acceptors (Lipinski definition) is 5. The molecule has 1 atom stereocenters. The lowest BCUT2D eigenvalue weighted by molar-refractivity contribution is -0.316. The second kappa shape index (κ2) is 5.55. The SMILES string of the molecule is O=CCOC(CC=O)C(=O)[O-]. The van der Waals surface area contributed by atoms with Crippen molar-refractivity contribution >= 4 is 18.5 Å². The Morgan fingerprint density at radius 3 is 2.45 bits per heavy atom. The van der Waals surface area contributed by atoms with Crippen molar-refractivity contribution in [2.45, 2.75) is 12.5 Å². The standard InChI is InChI=1S/C6H8O5/c7-2-1-5(6(9)10)11-4-3-8/h2-3,5H,1,4H2,(H,9,10)/p-1. The van der Waals surface area contributed by atoms with Crippen LogP contribution >= 0.6 is 0 Å². The maximum atomic E-state index is 10.1. The maximum Gasteiger partial charge on any atom is 0.145 e. The largest absolute Gasteiger partial charge is 0.547 e. The first-order chi connectivity index (χ1) is 5.22. The molecule has 1 unspecified atom stereocenters. The fourth-order valence-corrected chi connectivity index (χ4v) is 0.475. The summed E-state index contributed by atoms with van der Waals surface area (Å²) >= 11 is 0. The quantitative estimate of drug-likeness (QED) is 0.415. The van der Waals surface area contributed by atoms with Gasteiger partial charge in [-0.1, -0.05) is 0 Å². The zero-order valence-corrected chi connectivity index (χ0v) is 5.69.